The van der Waals surface area contributed by atoms with Crippen LogP contribution in [0.5, 0.6) is 0 Å². The first kappa shape index (κ1) is 14.3. The molecule has 1 aromatic carbocycles. The van der Waals surface area contributed by atoms with E-state index in [1.807, 2.05) is 20.8 Å². The Bertz CT molecular complexity index is 406. The maximum Gasteiger partial charge on any atom is 0.251 e. The Kier molecular flexibility index (Phi) is 5.29. The Hall–Kier alpha value is -0.730. The summed E-state index contributed by atoms with van der Waals surface area (Å²) in [5.41, 5.74) is 1.53. The van der Waals surface area contributed by atoms with Gasteiger partial charge in [0, 0.05) is 22.5 Å². The number of aryl methyl sites for hydroxylation is 1. The van der Waals surface area contributed by atoms with E-state index in [1.54, 1.807) is 18.2 Å². The van der Waals surface area contributed by atoms with Crippen LogP contribution >= 0.6 is 23.2 Å². The highest BCUT2D eigenvalue weighted by molar-refractivity contribution is 6.30. The molecule has 2 nitrogen and oxygen atoms in total. The van der Waals surface area contributed by atoms with E-state index in [-0.39, 0.29) is 17.9 Å². The first-order valence-electron chi connectivity index (χ1n) is 5.58. The van der Waals surface area contributed by atoms with Gasteiger partial charge >= 0.3 is 0 Å². The molecule has 1 N–H and O–H groups in total. The van der Waals surface area contributed by atoms with Crippen LogP contribution in [0.25, 0.3) is 0 Å². The van der Waals surface area contributed by atoms with E-state index in [4.69, 9.17) is 23.2 Å². The lowest BCUT2D eigenvalue weighted by atomic mass is 10.0. The molecule has 0 saturated heterocycles. The number of benzene rings is 1. The Morgan fingerprint density at radius 2 is 2.06 bits per heavy atom. The summed E-state index contributed by atoms with van der Waals surface area (Å²) in [5.74, 6) is 0.693. The molecule has 0 aliphatic heterocycles. The number of rotatable bonds is 4. The smallest absolute Gasteiger partial charge is 0.251 e. The first-order chi connectivity index (χ1) is 7.95. The van der Waals surface area contributed by atoms with Crippen LogP contribution in [0.15, 0.2) is 18.2 Å². The summed E-state index contributed by atoms with van der Waals surface area (Å²) >= 11 is 11.6. The molecular weight excluding hydrogens is 257 g/mol. The molecule has 0 spiro atoms. The van der Waals surface area contributed by atoms with Crippen LogP contribution in [0.1, 0.15) is 29.8 Å². The lowest BCUT2D eigenvalue weighted by molar-refractivity contribution is 0.0930. The molecule has 0 heterocycles. The SMILES string of the molecule is Cc1cc(Cl)ccc1C(=O)NC(C)C(C)CCl. The van der Waals surface area contributed by atoms with Gasteiger partial charge in [-0.3, -0.25) is 4.79 Å². The van der Waals surface area contributed by atoms with Crippen LogP contribution in [0.2, 0.25) is 5.02 Å². The highest BCUT2D eigenvalue weighted by Gasteiger charge is 2.16. The molecule has 0 aromatic heterocycles. The minimum absolute atomic E-state index is 0.0510. The average Bonchev–Trinajstić information content (AvgIpc) is 2.27. The largest absolute Gasteiger partial charge is 0.349 e. The van der Waals surface area contributed by atoms with Gasteiger partial charge in [0.05, 0.1) is 0 Å². The number of carbonyl (C=O) groups is 1. The molecule has 0 aliphatic carbocycles. The van der Waals surface area contributed by atoms with Gasteiger partial charge in [-0.05, 0) is 43.5 Å². The molecule has 1 aromatic rings. The monoisotopic (exact) mass is 273 g/mol. The molecule has 94 valence electrons. The number of halogens is 2. The zero-order valence-electron chi connectivity index (χ0n) is 10.3. The number of carbonyl (C=O) groups excluding carboxylic acids is 1. The Morgan fingerprint density at radius 1 is 1.41 bits per heavy atom. The van der Waals surface area contributed by atoms with Crippen molar-refractivity contribution in [2.75, 3.05) is 5.88 Å². The Balaban J connectivity index is 2.76. The lowest BCUT2D eigenvalue weighted by Crippen LogP contribution is -2.38. The Morgan fingerprint density at radius 3 is 2.59 bits per heavy atom. The molecule has 1 amide bonds. The van der Waals surface area contributed by atoms with Crippen molar-refractivity contribution < 1.29 is 4.79 Å². The maximum absolute atomic E-state index is 12.0. The van der Waals surface area contributed by atoms with Crippen molar-refractivity contribution in [2.24, 2.45) is 5.92 Å². The average molecular weight is 274 g/mol. The minimum Gasteiger partial charge on any atom is -0.349 e. The molecule has 0 radical (unpaired) electrons. The van der Waals surface area contributed by atoms with Gasteiger partial charge in [0.2, 0.25) is 0 Å². The number of hydrogen-bond donors (Lipinski definition) is 1. The van der Waals surface area contributed by atoms with Crippen LogP contribution in [0, 0.1) is 12.8 Å². The van der Waals surface area contributed by atoms with Crippen molar-refractivity contribution >= 4 is 29.1 Å². The number of hydrogen-bond acceptors (Lipinski definition) is 1. The summed E-state index contributed by atoms with van der Waals surface area (Å²) in [6.07, 6.45) is 0. The third-order valence-corrected chi connectivity index (χ3v) is 3.61. The topological polar surface area (TPSA) is 29.1 Å². The third-order valence-electron chi connectivity index (χ3n) is 2.89. The van der Waals surface area contributed by atoms with Crippen molar-refractivity contribution in [2.45, 2.75) is 26.8 Å². The van der Waals surface area contributed by atoms with Gasteiger partial charge in [-0.1, -0.05) is 18.5 Å². The van der Waals surface area contributed by atoms with Gasteiger partial charge in [0.25, 0.3) is 5.91 Å². The highest BCUT2D eigenvalue weighted by Crippen LogP contribution is 2.15. The number of alkyl halides is 1. The van der Waals surface area contributed by atoms with Crippen molar-refractivity contribution in [3.8, 4) is 0 Å². The van der Waals surface area contributed by atoms with Crippen molar-refractivity contribution in [3.63, 3.8) is 0 Å². The zero-order chi connectivity index (χ0) is 13.0. The number of nitrogens with one attached hydrogen (secondary N) is 1. The van der Waals surface area contributed by atoms with Crippen LogP contribution in [0.4, 0.5) is 0 Å². The number of amides is 1. The molecule has 4 heteroatoms. The second-order valence-corrected chi connectivity index (χ2v) is 5.10. The van der Waals surface area contributed by atoms with Gasteiger partial charge in [-0.25, -0.2) is 0 Å². The van der Waals surface area contributed by atoms with Gasteiger partial charge in [-0.15, -0.1) is 11.6 Å². The summed E-state index contributed by atoms with van der Waals surface area (Å²) in [5, 5.41) is 3.58. The van der Waals surface area contributed by atoms with Crippen LogP contribution < -0.4 is 5.32 Å². The summed E-state index contributed by atoms with van der Waals surface area (Å²) in [6.45, 7) is 5.83. The summed E-state index contributed by atoms with van der Waals surface area (Å²) < 4.78 is 0. The molecule has 0 saturated carbocycles. The molecule has 1 rings (SSSR count). The van der Waals surface area contributed by atoms with Gasteiger partial charge in [-0.2, -0.15) is 0 Å². The van der Waals surface area contributed by atoms with Crippen molar-refractivity contribution in [1.29, 1.82) is 0 Å². The fourth-order valence-electron chi connectivity index (χ4n) is 1.44. The van der Waals surface area contributed by atoms with E-state index in [0.717, 1.165) is 5.56 Å². The molecule has 17 heavy (non-hydrogen) atoms. The molecular formula is C13H17Cl2NO. The molecule has 0 aliphatic rings. The predicted molar refractivity (Wildman–Crippen MR) is 73.0 cm³/mol. The van der Waals surface area contributed by atoms with E-state index >= 15 is 0 Å². The van der Waals surface area contributed by atoms with Gasteiger partial charge in [0.15, 0.2) is 0 Å². The van der Waals surface area contributed by atoms with Gasteiger partial charge in [0.1, 0.15) is 0 Å². The standard InChI is InChI=1S/C13H17Cl2NO/c1-8-6-11(15)4-5-12(8)13(17)16-10(3)9(2)7-14/h4-6,9-10H,7H2,1-3H3,(H,16,17). The van der Waals surface area contributed by atoms with Crippen molar-refractivity contribution in [1.82, 2.24) is 5.32 Å². The van der Waals surface area contributed by atoms with Crippen LogP contribution in [-0.2, 0) is 0 Å². The third kappa shape index (κ3) is 3.90. The first-order valence-corrected chi connectivity index (χ1v) is 6.50. The van der Waals surface area contributed by atoms with E-state index in [9.17, 15) is 4.79 Å². The van der Waals surface area contributed by atoms with Crippen molar-refractivity contribution in [3.05, 3.63) is 34.3 Å². The fourth-order valence-corrected chi connectivity index (χ4v) is 1.94. The molecule has 0 fully saturated rings. The summed E-state index contributed by atoms with van der Waals surface area (Å²) in [4.78, 5) is 12.0. The van der Waals surface area contributed by atoms with Crippen LogP contribution in [-0.4, -0.2) is 17.8 Å². The fraction of sp³-hybridized carbons (Fsp3) is 0.462. The highest BCUT2D eigenvalue weighted by atomic mass is 35.5. The van der Waals surface area contributed by atoms with E-state index < -0.39 is 0 Å². The Labute approximate surface area is 112 Å². The lowest BCUT2D eigenvalue weighted by Gasteiger charge is -2.19. The molecule has 0 bridgehead atoms. The molecule has 2 atom stereocenters. The quantitative estimate of drug-likeness (QED) is 0.834. The second kappa shape index (κ2) is 6.27. The maximum atomic E-state index is 12.0. The van der Waals surface area contributed by atoms with E-state index in [1.165, 1.54) is 0 Å². The van der Waals surface area contributed by atoms with E-state index in [0.29, 0.717) is 16.5 Å². The summed E-state index contributed by atoms with van der Waals surface area (Å²) in [6, 6.07) is 5.30. The van der Waals surface area contributed by atoms with E-state index in [2.05, 4.69) is 5.32 Å². The summed E-state index contributed by atoms with van der Waals surface area (Å²) in [7, 11) is 0. The minimum atomic E-state index is -0.0800. The molecule has 2 unspecified atom stereocenters. The zero-order valence-corrected chi connectivity index (χ0v) is 11.8. The van der Waals surface area contributed by atoms with Crippen LogP contribution in [0.3, 0.4) is 0 Å². The van der Waals surface area contributed by atoms with Gasteiger partial charge < -0.3 is 5.32 Å². The second-order valence-electron chi connectivity index (χ2n) is 4.35. The predicted octanol–water partition coefficient (Wildman–Crippen LogP) is 3.64. The normalized spacial score (nSPS) is 14.2.